The first-order valence-corrected chi connectivity index (χ1v) is 15.9. The molecule has 10 rings (SSSR count). The van der Waals surface area contributed by atoms with Crippen LogP contribution in [0.15, 0.2) is 150 Å². The van der Waals surface area contributed by atoms with E-state index in [1.807, 2.05) is 6.07 Å². The Kier molecular flexibility index (Phi) is 5.16. The fraction of sp³-hybridized carbons (Fsp3) is 0. The van der Waals surface area contributed by atoms with Gasteiger partial charge in [0.05, 0.1) is 21.3 Å². The molecule has 210 valence electrons. The van der Waals surface area contributed by atoms with Gasteiger partial charge in [-0.1, -0.05) is 78.9 Å². The number of fused-ring (bicyclic) bond motifs is 9. The van der Waals surface area contributed by atoms with Gasteiger partial charge in [0.25, 0.3) is 0 Å². The Labute approximate surface area is 262 Å². The predicted octanol–water partition coefficient (Wildman–Crippen LogP) is 11.8. The lowest BCUT2D eigenvalue weighted by Gasteiger charge is -2.09. The van der Waals surface area contributed by atoms with Crippen molar-refractivity contribution in [3.8, 4) is 27.4 Å². The Morgan fingerprint density at radius 2 is 1.27 bits per heavy atom. The van der Waals surface area contributed by atoms with Crippen LogP contribution in [0.4, 0.5) is 0 Å². The lowest BCUT2D eigenvalue weighted by Crippen LogP contribution is -1.93. The van der Waals surface area contributed by atoms with E-state index in [0.717, 1.165) is 54.0 Å². The molecule has 0 unspecified atom stereocenters. The molecule has 0 aliphatic carbocycles. The highest BCUT2D eigenvalue weighted by molar-refractivity contribution is 7.22. The van der Waals surface area contributed by atoms with Crippen LogP contribution in [0.1, 0.15) is 0 Å². The Morgan fingerprint density at radius 3 is 2.13 bits per heavy atom. The highest BCUT2D eigenvalue weighted by Gasteiger charge is 2.17. The summed E-state index contributed by atoms with van der Waals surface area (Å²) in [7, 11) is 0. The lowest BCUT2D eigenvalue weighted by atomic mass is 10.0. The summed E-state index contributed by atoms with van der Waals surface area (Å²) < 4.78 is 9.91. The van der Waals surface area contributed by atoms with Gasteiger partial charge in [0.1, 0.15) is 16.2 Å². The van der Waals surface area contributed by atoms with E-state index in [9.17, 15) is 0 Å². The van der Waals surface area contributed by atoms with Crippen LogP contribution >= 0.6 is 11.3 Å². The molecule has 10 aromatic rings. The minimum atomic E-state index is 0.896. The van der Waals surface area contributed by atoms with Gasteiger partial charge in [-0.05, 0) is 88.6 Å². The van der Waals surface area contributed by atoms with Crippen molar-refractivity contribution in [2.45, 2.75) is 0 Å². The molecule has 3 aromatic heterocycles. The molecule has 0 saturated heterocycles. The first-order chi connectivity index (χ1) is 22.3. The number of rotatable bonds is 3. The molecule has 0 N–H and O–H groups in total. The predicted molar refractivity (Wildman–Crippen MR) is 190 cm³/mol. The van der Waals surface area contributed by atoms with Crippen molar-refractivity contribution in [3.63, 3.8) is 0 Å². The molecule has 0 aliphatic rings. The maximum Gasteiger partial charge on any atom is 0.137 e. The molecule has 0 bridgehead atoms. The van der Waals surface area contributed by atoms with Gasteiger partial charge in [0.15, 0.2) is 0 Å². The number of thiazole rings is 1. The van der Waals surface area contributed by atoms with Gasteiger partial charge < -0.3 is 8.98 Å². The van der Waals surface area contributed by atoms with Gasteiger partial charge in [0.2, 0.25) is 0 Å². The van der Waals surface area contributed by atoms with Crippen molar-refractivity contribution < 1.29 is 4.42 Å². The average Bonchev–Trinajstić information content (AvgIpc) is 3.79. The topological polar surface area (TPSA) is 31.0 Å². The minimum absolute atomic E-state index is 0.896. The summed E-state index contributed by atoms with van der Waals surface area (Å²) in [5.74, 6) is 0. The van der Waals surface area contributed by atoms with Gasteiger partial charge in [-0.25, -0.2) is 4.98 Å². The standard InChI is InChI=1S/C41H24N2OS/c1-2-8-25(9-3-1)29-16-19-32-38(24-29)44-37-21-20-34-40(39(32)37)45-41(42-34)26-14-17-30(18-15-26)43-35-13-7-6-12-31(35)33-22-27-10-4-5-11-28(27)23-36(33)43/h1-24H. The number of nitrogens with zero attached hydrogens (tertiary/aromatic N) is 2. The van der Waals surface area contributed by atoms with Crippen molar-refractivity contribution in [1.29, 1.82) is 0 Å². The molecule has 3 nitrogen and oxygen atoms in total. The van der Waals surface area contributed by atoms with Crippen LogP contribution in [0.3, 0.4) is 0 Å². The van der Waals surface area contributed by atoms with Crippen LogP contribution in [-0.4, -0.2) is 9.55 Å². The van der Waals surface area contributed by atoms with Crippen molar-refractivity contribution >= 4 is 76.1 Å². The molecule has 0 amide bonds. The number of hydrogen-bond donors (Lipinski definition) is 0. The maximum atomic E-state index is 6.37. The van der Waals surface area contributed by atoms with Crippen LogP contribution in [0.5, 0.6) is 0 Å². The first-order valence-electron chi connectivity index (χ1n) is 15.1. The highest BCUT2D eigenvalue weighted by atomic mass is 32.1. The molecule has 3 heterocycles. The summed E-state index contributed by atoms with van der Waals surface area (Å²) in [5.41, 5.74) is 9.80. The van der Waals surface area contributed by atoms with Crippen molar-refractivity contribution in [3.05, 3.63) is 146 Å². The summed E-state index contributed by atoms with van der Waals surface area (Å²) >= 11 is 1.73. The summed E-state index contributed by atoms with van der Waals surface area (Å²) in [5, 5.41) is 8.31. The van der Waals surface area contributed by atoms with E-state index in [1.54, 1.807) is 11.3 Å². The van der Waals surface area contributed by atoms with Gasteiger partial charge in [-0.15, -0.1) is 11.3 Å². The van der Waals surface area contributed by atoms with Gasteiger partial charge >= 0.3 is 0 Å². The van der Waals surface area contributed by atoms with E-state index in [1.165, 1.54) is 38.1 Å². The second kappa shape index (κ2) is 9.39. The molecule has 45 heavy (non-hydrogen) atoms. The Hall–Kier alpha value is -5.71. The molecule has 7 aromatic carbocycles. The minimum Gasteiger partial charge on any atom is -0.456 e. The van der Waals surface area contributed by atoms with E-state index < -0.39 is 0 Å². The maximum absolute atomic E-state index is 6.37. The first kappa shape index (κ1) is 24.7. The Bertz CT molecular complexity index is 2750. The zero-order chi connectivity index (χ0) is 29.5. The molecule has 0 radical (unpaired) electrons. The molecule has 0 atom stereocenters. The SMILES string of the molecule is c1ccc(-c2ccc3c(c2)oc2ccc4nc(-c5ccc(-n6c7ccccc7c7cc8ccccc8cc76)cc5)sc4c23)cc1. The van der Waals surface area contributed by atoms with Crippen molar-refractivity contribution in [2.75, 3.05) is 0 Å². The van der Waals surface area contributed by atoms with Crippen LogP contribution in [0, 0.1) is 0 Å². The third kappa shape index (κ3) is 3.73. The average molecular weight is 593 g/mol. The second-order valence-corrected chi connectivity index (χ2v) is 12.6. The molecule has 4 heteroatoms. The molecular weight excluding hydrogens is 569 g/mol. The molecular formula is C41H24N2OS. The number of hydrogen-bond acceptors (Lipinski definition) is 3. The molecule has 0 spiro atoms. The summed E-state index contributed by atoms with van der Waals surface area (Å²) in [6.07, 6.45) is 0. The van der Waals surface area contributed by atoms with Crippen LogP contribution in [-0.2, 0) is 0 Å². The number of aromatic nitrogens is 2. The fourth-order valence-electron chi connectivity index (χ4n) is 6.87. The second-order valence-electron chi connectivity index (χ2n) is 11.6. The Balaban J connectivity index is 1.09. The lowest BCUT2D eigenvalue weighted by molar-refractivity contribution is 0.669. The fourth-order valence-corrected chi connectivity index (χ4v) is 7.99. The Morgan fingerprint density at radius 1 is 0.511 bits per heavy atom. The monoisotopic (exact) mass is 592 g/mol. The summed E-state index contributed by atoms with van der Waals surface area (Å²) in [4.78, 5) is 5.08. The zero-order valence-corrected chi connectivity index (χ0v) is 24.9. The van der Waals surface area contributed by atoms with Gasteiger partial charge in [-0.3, -0.25) is 0 Å². The number of furan rings is 1. The summed E-state index contributed by atoms with van der Waals surface area (Å²) in [6.45, 7) is 0. The van der Waals surface area contributed by atoms with E-state index in [-0.39, 0.29) is 0 Å². The van der Waals surface area contributed by atoms with E-state index in [4.69, 9.17) is 9.40 Å². The van der Waals surface area contributed by atoms with Crippen molar-refractivity contribution in [2.24, 2.45) is 0 Å². The highest BCUT2D eigenvalue weighted by Crippen LogP contribution is 2.41. The van der Waals surface area contributed by atoms with Crippen LogP contribution in [0.25, 0.3) is 92.1 Å². The molecule has 0 saturated carbocycles. The summed E-state index contributed by atoms with van der Waals surface area (Å²) in [6, 6.07) is 51.8. The van der Waals surface area contributed by atoms with E-state index in [2.05, 4.69) is 144 Å². The quantitative estimate of drug-likeness (QED) is 0.204. The third-order valence-electron chi connectivity index (χ3n) is 9.01. The number of benzene rings is 7. The van der Waals surface area contributed by atoms with Crippen LogP contribution < -0.4 is 0 Å². The smallest absolute Gasteiger partial charge is 0.137 e. The van der Waals surface area contributed by atoms with Crippen LogP contribution in [0.2, 0.25) is 0 Å². The van der Waals surface area contributed by atoms with E-state index >= 15 is 0 Å². The normalized spacial score (nSPS) is 12.0. The van der Waals surface area contributed by atoms with Crippen molar-refractivity contribution in [1.82, 2.24) is 9.55 Å². The van der Waals surface area contributed by atoms with Gasteiger partial charge in [-0.2, -0.15) is 0 Å². The molecule has 0 aliphatic heterocycles. The number of para-hydroxylation sites is 1. The molecule has 0 fully saturated rings. The largest absolute Gasteiger partial charge is 0.456 e. The zero-order valence-electron chi connectivity index (χ0n) is 24.1. The van der Waals surface area contributed by atoms with E-state index in [0.29, 0.717) is 0 Å². The third-order valence-corrected chi connectivity index (χ3v) is 10.1. The van der Waals surface area contributed by atoms with Gasteiger partial charge in [0, 0.05) is 32.8 Å².